The minimum Gasteiger partial charge on any atom is -0.363 e. The molecule has 0 aromatic carbocycles. The monoisotopic (exact) mass is 347 g/mol. The average Bonchev–Trinajstić information content (AvgIpc) is 2.61. The van der Waals surface area contributed by atoms with E-state index >= 15 is 0 Å². The van der Waals surface area contributed by atoms with Gasteiger partial charge in [-0.25, -0.2) is 4.68 Å². The molecule has 1 N–H and O–H groups in total. The number of rotatable bonds is 5. The van der Waals surface area contributed by atoms with Gasteiger partial charge in [-0.2, -0.15) is 15.3 Å². The number of nitrogens with one attached hydrogen (secondary N) is 1. The van der Waals surface area contributed by atoms with Crippen molar-refractivity contribution in [1.29, 1.82) is 0 Å². The van der Waals surface area contributed by atoms with Crippen molar-refractivity contribution in [3.05, 3.63) is 58.6 Å². The first-order chi connectivity index (χ1) is 12.7. The van der Waals surface area contributed by atoms with Gasteiger partial charge in [-0.1, -0.05) is 0 Å². The van der Waals surface area contributed by atoms with Gasteiger partial charge >= 0.3 is 0 Å². The molecule has 2 bridgehead atoms. The first-order valence-electron chi connectivity index (χ1n) is 8.66. The molecule has 8 nitrogen and oxygen atoms in total. The molecular formula is C18H17N7O. The lowest BCUT2D eigenvalue weighted by molar-refractivity contribution is 0.00175. The van der Waals surface area contributed by atoms with E-state index in [-0.39, 0.29) is 17.6 Å². The third kappa shape index (κ3) is 2.63. The quantitative estimate of drug-likeness (QED) is 0.747. The summed E-state index contributed by atoms with van der Waals surface area (Å²) in [5.41, 5.74) is 1.96. The van der Waals surface area contributed by atoms with E-state index in [0.717, 1.165) is 11.7 Å². The van der Waals surface area contributed by atoms with Crippen LogP contribution in [0, 0.1) is 5.92 Å². The van der Waals surface area contributed by atoms with Crippen molar-refractivity contribution in [3.8, 4) is 11.4 Å². The van der Waals surface area contributed by atoms with E-state index in [2.05, 4.69) is 30.8 Å². The van der Waals surface area contributed by atoms with Crippen LogP contribution in [0.2, 0.25) is 0 Å². The van der Waals surface area contributed by atoms with Gasteiger partial charge in [-0.3, -0.25) is 4.79 Å². The highest BCUT2D eigenvalue weighted by Gasteiger charge is 2.56. The topological polar surface area (TPSA) is 98.5 Å². The molecule has 0 aliphatic heterocycles. The fourth-order valence-electron chi connectivity index (χ4n) is 3.71. The fourth-order valence-corrected chi connectivity index (χ4v) is 3.71. The first kappa shape index (κ1) is 15.1. The molecule has 3 saturated carbocycles. The highest BCUT2D eigenvalue weighted by atomic mass is 16.1. The van der Waals surface area contributed by atoms with Gasteiger partial charge in [0.1, 0.15) is 17.2 Å². The van der Waals surface area contributed by atoms with E-state index in [1.54, 1.807) is 24.4 Å². The maximum absolute atomic E-state index is 12.1. The second kappa shape index (κ2) is 5.69. The zero-order valence-electron chi connectivity index (χ0n) is 14.0. The Kier molecular flexibility index (Phi) is 3.31. The molecule has 0 amide bonds. The van der Waals surface area contributed by atoms with Crippen LogP contribution in [0.5, 0.6) is 0 Å². The average molecular weight is 347 g/mol. The SMILES string of the molecule is O=c1ccc(-c2ccc(NC34CC(C3)C4)nn2)nn1Cc1cccnn1. The van der Waals surface area contributed by atoms with Crippen LogP contribution < -0.4 is 10.9 Å². The molecule has 0 saturated heterocycles. The van der Waals surface area contributed by atoms with Crippen LogP contribution >= 0.6 is 0 Å². The highest BCUT2D eigenvalue weighted by molar-refractivity contribution is 5.54. The van der Waals surface area contributed by atoms with Crippen molar-refractivity contribution in [3.63, 3.8) is 0 Å². The van der Waals surface area contributed by atoms with E-state index in [0.29, 0.717) is 17.1 Å². The largest absolute Gasteiger partial charge is 0.363 e. The van der Waals surface area contributed by atoms with E-state index in [4.69, 9.17) is 0 Å². The molecule has 3 aliphatic rings. The molecule has 3 aromatic heterocycles. The lowest BCUT2D eigenvalue weighted by atomic mass is 9.50. The molecule has 3 aromatic rings. The summed E-state index contributed by atoms with van der Waals surface area (Å²) in [4.78, 5) is 12.1. The van der Waals surface area contributed by atoms with Crippen LogP contribution in [0.15, 0.2) is 47.4 Å². The molecule has 6 rings (SSSR count). The van der Waals surface area contributed by atoms with Gasteiger partial charge in [0.15, 0.2) is 0 Å². The predicted octanol–water partition coefficient (Wildman–Crippen LogP) is 1.50. The van der Waals surface area contributed by atoms with Gasteiger partial charge < -0.3 is 5.32 Å². The summed E-state index contributed by atoms with van der Waals surface area (Å²) in [5, 5.41) is 24.2. The van der Waals surface area contributed by atoms with E-state index in [1.807, 2.05) is 12.1 Å². The number of aromatic nitrogens is 6. The van der Waals surface area contributed by atoms with Crippen molar-refractivity contribution >= 4 is 5.82 Å². The van der Waals surface area contributed by atoms with Crippen molar-refractivity contribution in [2.45, 2.75) is 31.3 Å². The summed E-state index contributed by atoms with van der Waals surface area (Å²) in [6.07, 6.45) is 5.32. The summed E-state index contributed by atoms with van der Waals surface area (Å²) < 4.78 is 1.36. The Bertz CT molecular complexity index is 983. The summed E-state index contributed by atoms with van der Waals surface area (Å²) in [6.45, 7) is 0.261. The summed E-state index contributed by atoms with van der Waals surface area (Å²) in [5.74, 6) is 1.70. The molecule has 0 unspecified atom stereocenters. The Hall–Kier alpha value is -3.16. The van der Waals surface area contributed by atoms with Crippen LogP contribution in [-0.2, 0) is 6.54 Å². The van der Waals surface area contributed by atoms with Crippen molar-refractivity contribution < 1.29 is 0 Å². The van der Waals surface area contributed by atoms with Crippen LogP contribution in [-0.4, -0.2) is 35.7 Å². The Labute approximate surface area is 149 Å². The number of anilines is 1. The third-order valence-electron chi connectivity index (χ3n) is 5.16. The van der Waals surface area contributed by atoms with Crippen LogP contribution in [0.4, 0.5) is 5.82 Å². The second-order valence-corrected chi connectivity index (χ2v) is 7.12. The first-order valence-corrected chi connectivity index (χ1v) is 8.66. The minimum atomic E-state index is -0.200. The number of hydrogen-bond donors (Lipinski definition) is 1. The Morgan fingerprint density at radius 2 is 1.88 bits per heavy atom. The predicted molar refractivity (Wildman–Crippen MR) is 94.4 cm³/mol. The Morgan fingerprint density at radius 1 is 1.04 bits per heavy atom. The van der Waals surface area contributed by atoms with Crippen molar-refractivity contribution in [1.82, 2.24) is 30.2 Å². The highest BCUT2D eigenvalue weighted by Crippen LogP contribution is 2.58. The fraction of sp³-hybridized carbons (Fsp3) is 0.333. The molecule has 0 radical (unpaired) electrons. The standard InChI is InChI=1S/C18H17N7O/c26-17-6-4-15(24-25(17)11-13-2-1-7-19-21-13)14-3-5-16(23-22-14)20-18-8-12(9-18)10-18/h1-7,12H,8-11H2,(H,20,23). The normalized spacial score (nSPS) is 23.0. The lowest BCUT2D eigenvalue weighted by Crippen LogP contribution is -2.63. The molecule has 8 heteroatoms. The molecule has 26 heavy (non-hydrogen) atoms. The second-order valence-electron chi connectivity index (χ2n) is 7.12. The van der Waals surface area contributed by atoms with Gasteiger partial charge in [0.25, 0.3) is 5.56 Å². The molecule has 3 aliphatic carbocycles. The lowest BCUT2D eigenvalue weighted by Gasteiger charge is -2.62. The van der Waals surface area contributed by atoms with Crippen molar-refractivity contribution in [2.24, 2.45) is 5.92 Å². The van der Waals surface area contributed by atoms with Gasteiger partial charge in [-0.15, -0.1) is 10.2 Å². The third-order valence-corrected chi connectivity index (χ3v) is 5.16. The summed E-state index contributed by atoms with van der Waals surface area (Å²) in [6, 6.07) is 10.5. The molecule has 3 fully saturated rings. The maximum atomic E-state index is 12.1. The van der Waals surface area contributed by atoms with E-state index in [1.165, 1.54) is 30.0 Å². The summed E-state index contributed by atoms with van der Waals surface area (Å²) in [7, 11) is 0. The minimum absolute atomic E-state index is 0.200. The molecule has 130 valence electrons. The van der Waals surface area contributed by atoms with Crippen LogP contribution in [0.1, 0.15) is 25.0 Å². The molecule has 0 atom stereocenters. The van der Waals surface area contributed by atoms with Crippen LogP contribution in [0.25, 0.3) is 11.4 Å². The zero-order chi connectivity index (χ0) is 17.6. The van der Waals surface area contributed by atoms with Gasteiger partial charge in [0, 0.05) is 17.8 Å². The van der Waals surface area contributed by atoms with E-state index < -0.39 is 0 Å². The van der Waals surface area contributed by atoms with Gasteiger partial charge in [-0.05, 0) is 55.5 Å². The Balaban J connectivity index is 1.37. The smallest absolute Gasteiger partial charge is 0.267 e. The molecule has 3 heterocycles. The number of nitrogens with zero attached hydrogens (tertiary/aromatic N) is 6. The maximum Gasteiger partial charge on any atom is 0.267 e. The van der Waals surface area contributed by atoms with E-state index in [9.17, 15) is 4.79 Å². The van der Waals surface area contributed by atoms with Gasteiger partial charge in [0.2, 0.25) is 0 Å². The Morgan fingerprint density at radius 3 is 2.54 bits per heavy atom. The number of hydrogen-bond acceptors (Lipinski definition) is 7. The van der Waals surface area contributed by atoms with Gasteiger partial charge in [0.05, 0.1) is 12.2 Å². The molecular weight excluding hydrogens is 330 g/mol. The summed E-state index contributed by atoms with van der Waals surface area (Å²) >= 11 is 0. The molecule has 0 spiro atoms. The van der Waals surface area contributed by atoms with Crippen molar-refractivity contribution in [2.75, 3.05) is 5.32 Å². The zero-order valence-corrected chi connectivity index (χ0v) is 14.0. The van der Waals surface area contributed by atoms with Crippen LogP contribution in [0.3, 0.4) is 0 Å².